The van der Waals surface area contributed by atoms with Crippen LogP contribution in [0, 0.1) is 10.8 Å². The highest BCUT2D eigenvalue weighted by Crippen LogP contribution is 2.26. The Morgan fingerprint density at radius 3 is 2.24 bits per heavy atom. The van der Waals surface area contributed by atoms with Gasteiger partial charge in [0, 0.05) is 5.41 Å². The van der Waals surface area contributed by atoms with Crippen LogP contribution >= 0.6 is 0 Å². The van der Waals surface area contributed by atoms with Gasteiger partial charge < -0.3 is 0 Å². The van der Waals surface area contributed by atoms with Gasteiger partial charge >= 0.3 is 5.84 Å². The molecule has 0 aromatic heterocycles. The van der Waals surface area contributed by atoms with Crippen molar-refractivity contribution in [3.05, 3.63) is 12.2 Å². The van der Waals surface area contributed by atoms with Crippen molar-refractivity contribution in [3.8, 4) is 0 Å². The summed E-state index contributed by atoms with van der Waals surface area (Å²) in [6, 6.07) is 0. The number of hydrazone groups is 1. The fourth-order valence-corrected chi connectivity index (χ4v) is 1.90. The van der Waals surface area contributed by atoms with Gasteiger partial charge in [-0.15, -0.1) is 0 Å². The third-order valence-corrected chi connectivity index (χ3v) is 2.92. The van der Waals surface area contributed by atoms with Crippen molar-refractivity contribution in [2.45, 2.75) is 48.0 Å². The SMILES string of the molecule is CC(C)(C)C1=N[N+]2=C(C(C)(C)C)C=CCC2=N1. The highest BCUT2D eigenvalue weighted by molar-refractivity contribution is 6.06. The molecule has 0 N–H and O–H groups in total. The molecule has 92 valence electrons. The number of nitrogens with zero attached hydrogens (tertiary/aromatic N) is 3. The lowest BCUT2D eigenvalue weighted by atomic mass is 9.88. The van der Waals surface area contributed by atoms with E-state index in [0.29, 0.717) is 0 Å². The Morgan fingerprint density at radius 2 is 1.71 bits per heavy atom. The maximum Gasteiger partial charge on any atom is 0.330 e. The first kappa shape index (κ1) is 12.2. The summed E-state index contributed by atoms with van der Waals surface area (Å²) in [5, 5.41) is 4.69. The van der Waals surface area contributed by atoms with Gasteiger partial charge in [-0.1, -0.05) is 52.3 Å². The van der Waals surface area contributed by atoms with E-state index in [0.717, 1.165) is 18.1 Å². The molecule has 0 radical (unpaired) electrons. The van der Waals surface area contributed by atoms with Crippen LogP contribution in [0.1, 0.15) is 48.0 Å². The highest BCUT2D eigenvalue weighted by Gasteiger charge is 2.38. The topological polar surface area (TPSA) is 27.7 Å². The van der Waals surface area contributed by atoms with Gasteiger partial charge in [-0.05, 0) is 16.2 Å². The zero-order chi connectivity index (χ0) is 12.8. The van der Waals surface area contributed by atoms with Gasteiger partial charge in [0.05, 0.1) is 11.8 Å². The van der Waals surface area contributed by atoms with Crippen molar-refractivity contribution in [2.75, 3.05) is 0 Å². The number of allylic oxidation sites excluding steroid dienone is 1. The van der Waals surface area contributed by atoms with Crippen LogP contribution in [-0.4, -0.2) is 22.1 Å². The van der Waals surface area contributed by atoms with Gasteiger partial charge in [-0.3, -0.25) is 0 Å². The van der Waals surface area contributed by atoms with Crippen LogP contribution < -0.4 is 0 Å². The number of fused-ring (bicyclic) bond motifs is 1. The number of hydrogen-bond acceptors (Lipinski definition) is 2. The molecule has 0 aliphatic carbocycles. The standard InChI is InChI=1S/C14H22N3/c1-13(2,3)10-8-7-9-11-15-12(14(4,5)6)16-17(10)11/h7-8H,9H2,1-6H3/q+1. The highest BCUT2D eigenvalue weighted by atomic mass is 15.5. The summed E-state index contributed by atoms with van der Waals surface area (Å²) < 4.78 is 2.03. The predicted octanol–water partition coefficient (Wildman–Crippen LogP) is 3.22. The lowest BCUT2D eigenvalue weighted by Crippen LogP contribution is -2.32. The molecule has 0 amide bonds. The summed E-state index contributed by atoms with van der Waals surface area (Å²) in [7, 11) is 0. The second kappa shape index (κ2) is 3.62. The summed E-state index contributed by atoms with van der Waals surface area (Å²) in [5.74, 6) is 1.99. The predicted molar refractivity (Wildman–Crippen MR) is 72.8 cm³/mol. The van der Waals surface area contributed by atoms with Gasteiger partial charge in [0.1, 0.15) is 5.71 Å². The van der Waals surface area contributed by atoms with Crippen LogP contribution in [-0.2, 0) is 0 Å². The van der Waals surface area contributed by atoms with Gasteiger partial charge in [0.15, 0.2) is 0 Å². The molecule has 0 saturated carbocycles. The van der Waals surface area contributed by atoms with Crippen LogP contribution in [0.25, 0.3) is 0 Å². The molecule has 2 aliphatic rings. The van der Waals surface area contributed by atoms with Gasteiger partial charge in [-0.2, -0.15) is 0 Å². The van der Waals surface area contributed by atoms with Crippen molar-refractivity contribution >= 4 is 17.4 Å². The van der Waals surface area contributed by atoms with Gasteiger partial charge in [0.2, 0.25) is 0 Å². The quantitative estimate of drug-likeness (QED) is 0.574. The molecule has 2 rings (SSSR count). The lowest BCUT2D eigenvalue weighted by Gasteiger charge is -2.19. The third-order valence-electron chi connectivity index (χ3n) is 2.92. The van der Waals surface area contributed by atoms with E-state index in [1.165, 1.54) is 5.71 Å². The molecule has 0 atom stereocenters. The van der Waals surface area contributed by atoms with E-state index in [4.69, 9.17) is 0 Å². The molecule has 2 aliphatic heterocycles. The number of hydrogen-bond donors (Lipinski definition) is 0. The monoisotopic (exact) mass is 232 g/mol. The van der Waals surface area contributed by atoms with Crippen molar-refractivity contribution in [1.29, 1.82) is 0 Å². The van der Waals surface area contributed by atoms with Crippen LogP contribution in [0.15, 0.2) is 22.2 Å². The molecule has 0 aromatic carbocycles. The van der Waals surface area contributed by atoms with Crippen LogP contribution in [0.2, 0.25) is 0 Å². The Labute approximate surface area is 104 Å². The lowest BCUT2D eigenvalue weighted by molar-refractivity contribution is -0.415. The van der Waals surface area contributed by atoms with Crippen LogP contribution in [0.5, 0.6) is 0 Å². The number of rotatable bonds is 0. The minimum absolute atomic E-state index is 0.00728. The first-order valence-corrected chi connectivity index (χ1v) is 6.20. The molecular weight excluding hydrogens is 210 g/mol. The smallest absolute Gasteiger partial charge is 0.0975 e. The molecule has 17 heavy (non-hydrogen) atoms. The third kappa shape index (κ3) is 2.24. The number of amidine groups is 2. The van der Waals surface area contributed by atoms with E-state index in [1.54, 1.807) is 0 Å². The van der Waals surface area contributed by atoms with Crippen molar-refractivity contribution in [3.63, 3.8) is 0 Å². The second-order valence-electron chi connectivity index (χ2n) is 6.76. The molecule has 0 saturated heterocycles. The average Bonchev–Trinajstić information content (AvgIpc) is 2.57. The Balaban J connectivity index is 2.52. The second-order valence-corrected chi connectivity index (χ2v) is 6.76. The first-order valence-electron chi connectivity index (χ1n) is 6.20. The first-order chi connectivity index (χ1) is 7.69. The summed E-state index contributed by atoms with van der Waals surface area (Å²) >= 11 is 0. The van der Waals surface area contributed by atoms with E-state index in [2.05, 4.69) is 63.8 Å². The largest absolute Gasteiger partial charge is 0.330 e. The van der Waals surface area contributed by atoms with Crippen molar-refractivity contribution < 1.29 is 4.68 Å². The summed E-state index contributed by atoms with van der Waals surface area (Å²) in [6.45, 7) is 13.1. The molecule has 3 nitrogen and oxygen atoms in total. The Hall–Kier alpha value is -1.25. The van der Waals surface area contributed by atoms with E-state index in [9.17, 15) is 0 Å². The minimum atomic E-state index is 0.00728. The molecule has 0 fully saturated rings. The average molecular weight is 232 g/mol. The maximum absolute atomic E-state index is 4.69. The summed E-state index contributed by atoms with van der Waals surface area (Å²) in [6.07, 6.45) is 5.23. The van der Waals surface area contributed by atoms with Crippen LogP contribution in [0.4, 0.5) is 0 Å². The zero-order valence-electron chi connectivity index (χ0n) is 11.7. The zero-order valence-corrected chi connectivity index (χ0v) is 11.7. The van der Waals surface area contributed by atoms with Gasteiger partial charge in [-0.25, -0.2) is 0 Å². The Bertz CT molecular complexity index is 463. The van der Waals surface area contributed by atoms with E-state index in [-0.39, 0.29) is 10.8 Å². The summed E-state index contributed by atoms with van der Waals surface area (Å²) in [5.41, 5.74) is 1.32. The normalized spacial score (nSPS) is 20.4. The van der Waals surface area contributed by atoms with E-state index >= 15 is 0 Å². The Morgan fingerprint density at radius 1 is 1.06 bits per heavy atom. The van der Waals surface area contributed by atoms with E-state index in [1.807, 2.05) is 4.68 Å². The molecular formula is C14H22N3+. The minimum Gasteiger partial charge on any atom is -0.0975 e. The molecule has 0 aromatic rings. The molecule has 0 spiro atoms. The van der Waals surface area contributed by atoms with Crippen molar-refractivity contribution in [1.82, 2.24) is 0 Å². The number of aliphatic imine (C=N–C) groups is 1. The molecule has 0 unspecified atom stereocenters. The van der Waals surface area contributed by atoms with Crippen molar-refractivity contribution in [2.24, 2.45) is 20.9 Å². The molecule has 2 heterocycles. The molecule has 0 bridgehead atoms. The fourth-order valence-electron chi connectivity index (χ4n) is 1.90. The molecule has 3 heteroatoms. The van der Waals surface area contributed by atoms with Gasteiger partial charge in [0.25, 0.3) is 5.84 Å². The fraction of sp³-hybridized carbons (Fsp3) is 0.643. The van der Waals surface area contributed by atoms with E-state index < -0.39 is 0 Å². The maximum atomic E-state index is 4.69. The van der Waals surface area contributed by atoms with Crippen LogP contribution in [0.3, 0.4) is 0 Å². The summed E-state index contributed by atoms with van der Waals surface area (Å²) in [4.78, 5) is 4.67. The Kier molecular flexibility index (Phi) is 2.60.